The van der Waals surface area contributed by atoms with Crippen LogP contribution in [0.5, 0.6) is 0 Å². The Morgan fingerprint density at radius 3 is 1.38 bits per heavy atom. The zero-order chi connectivity index (χ0) is 32.0. The predicted octanol–water partition coefficient (Wildman–Crippen LogP) is 10.2. The molecule has 0 aromatic heterocycles. The first-order valence-electron chi connectivity index (χ1n) is 15.0. The summed E-state index contributed by atoms with van der Waals surface area (Å²) in [5.74, 6) is 0. The van der Waals surface area contributed by atoms with E-state index in [1.165, 1.54) is 78.7 Å². The maximum absolute atomic E-state index is 6.25. The largest absolute Gasteiger partial charge is 4.00 e. The number of allylic oxidation sites excluding steroid dienone is 2. The summed E-state index contributed by atoms with van der Waals surface area (Å²) in [6.45, 7) is 31.1. The van der Waals surface area contributed by atoms with Crippen LogP contribution in [0.4, 0.5) is 34.1 Å². The molecule has 0 bridgehead atoms. The van der Waals surface area contributed by atoms with Crippen molar-refractivity contribution in [3.8, 4) is 0 Å². The number of rotatable bonds is 4. The van der Waals surface area contributed by atoms with E-state index in [4.69, 9.17) is 11.8 Å². The maximum Gasteiger partial charge on any atom is 4.00 e. The molecule has 232 valence electrons. The fourth-order valence-corrected chi connectivity index (χ4v) is 6.72. The van der Waals surface area contributed by atoms with Gasteiger partial charge >= 0.3 is 21.1 Å². The van der Waals surface area contributed by atoms with E-state index in [-0.39, 0.29) is 21.1 Å². The summed E-state index contributed by atoms with van der Waals surface area (Å²) >= 11 is 0. The molecule has 45 heavy (non-hydrogen) atoms. The average molecular weight is 775 g/mol. The number of hydrogen-bond acceptors (Lipinski definition) is 5. The third-order valence-electron chi connectivity index (χ3n) is 8.85. The van der Waals surface area contributed by atoms with Crippen LogP contribution in [0.3, 0.4) is 0 Å². The van der Waals surface area contributed by atoms with Gasteiger partial charge in [-0.2, -0.15) is 6.07 Å². The van der Waals surface area contributed by atoms with Gasteiger partial charge in [-0.3, -0.25) is 0 Å². The predicted molar refractivity (Wildman–Crippen MR) is 184 cm³/mol. The average Bonchev–Trinajstić information content (AvgIpc) is 3.46. The molecule has 2 heterocycles. The zero-order valence-corrected chi connectivity index (χ0v) is 30.2. The van der Waals surface area contributed by atoms with Crippen molar-refractivity contribution in [1.82, 2.24) is 0 Å². The fraction of sp³-hybridized carbons (Fsp3) is 0.256. The second-order valence-corrected chi connectivity index (χ2v) is 12.2. The number of aryl methyl sites for hydroxylation is 8. The molecular formula is C39H41N5Pt. The van der Waals surface area contributed by atoms with Crippen molar-refractivity contribution in [3.63, 3.8) is 0 Å². The van der Waals surface area contributed by atoms with Gasteiger partial charge in [0.2, 0.25) is 0 Å². The van der Waals surface area contributed by atoms with Gasteiger partial charge in [0.05, 0.1) is 0 Å². The van der Waals surface area contributed by atoms with Crippen molar-refractivity contribution < 1.29 is 21.1 Å². The van der Waals surface area contributed by atoms with Crippen LogP contribution in [-0.2, 0) is 21.1 Å². The molecule has 2 aliphatic heterocycles. The molecule has 4 aromatic carbocycles. The van der Waals surface area contributed by atoms with Gasteiger partial charge in [0.25, 0.3) is 0 Å². The summed E-state index contributed by atoms with van der Waals surface area (Å²) < 4.78 is 0. The van der Waals surface area contributed by atoms with Gasteiger partial charge in [-0.1, -0.05) is 35.4 Å². The van der Waals surface area contributed by atoms with E-state index in [0.29, 0.717) is 0 Å². The van der Waals surface area contributed by atoms with Crippen LogP contribution in [0.1, 0.15) is 58.4 Å². The summed E-state index contributed by atoms with van der Waals surface area (Å²) in [7, 11) is 0. The van der Waals surface area contributed by atoms with Crippen molar-refractivity contribution in [2.75, 3.05) is 19.6 Å². The summed E-state index contributed by atoms with van der Waals surface area (Å²) in [6.07, 6.45) is 0. The molecule has 0 amide bonds. The minimum absolute atomic E-state index is 0. The third-order valence-corrected chi connectivity index (χ3v) is 8.85. The Morgan fingerprint density at radius 1 is 0.511 bits per heavy atom. The van der Waals surface area contributed by atoms with Crippen molar-refractivity contribution >= 4 is 34.1 Å². The standard InChI is InChI=1S/C38H41N4.CN.Pt/c1-23-14-27(5)37(28(6)15-23)40-21-39(31(9)32(40)10)33-12-11-13-34(20-33)41-22-42(36-19-26(4)25(3)18-35(36)41)38-29(7)16-24(2)17-30(38)8;1-2;/h11-19,21-22H,1-10H3;;/q-3;-1;+4. The molecule has 0 spiro atoms. The molecule has 0 unspecified atom stereocenters. The summed E-state index contributed by atoms with van der Waals surface area (Å²) in [5, 5.41) is 6.25. The summed E-state index contributed by atoms with van der Waals surface area (Å²) in [4.78, 5) is 9.24. The Kier molecular flexibility index (Phi) is 9.91. The molecule has 6 heteroatoms. The summed E-state index contributed by atoms with van der Waals surface area (Å²) in [6, 6.07) is 23.9. The molecule has 5 nitrogen and oxygen atoms in total. The van der Waals surface area contributed by atoms with E-state index in [9.17, 15) is 0 Å². The van der Waals surface area contributed by atoms with Crippen LogP contribution < -0.4 is 19.6 Å². The Labute approximate surface area is 284 Å². The van der Waals surface area contributed by atoms with Gasteiger partial charge in [-0.25, -0.2) is 0 Å². The summed E-state index contributed by atoms with van der Waals surface area (Å²) in [5.41, 5.74) is 19.6. The van der Waals surface area contributed by atoms with Gasteiger partial charge in [0, 0.05) is 34.1 Å². The molecule has 0 atom stereocenters. The Hall–Kier alpha value is -4.00. The quantitative estimate of drug-likeness (QED) is 0.193. The number of benzene rings is 4. The molecule has 0 fully saturated rings. The van der Waals surface area contributed by atoms with Gasteiger partial charge in [-0.05, 0) is 115 Å². The van der Waals surface area contributed by atoms with Gasteiger partial charge in [-0.15, -0.1) is 42.9 Å². The van der Waals surface area contributed by atoms with Crippen LogP contribution in [-0.4, -0.2) is 0 Å². The minimum atomic E-state index is 0. The maximum atomic E-state index is 6.25. The van der Waals surface area contributed by atoms with Gasteiger partial charge < -0.3 is 31.4 Å². The van der Waals surface area contributed by atoms with E-state index in [1.807, 2.05) is 0 Å². The molecule has 0 saturated carbocycles. The first-order valence-corrected chi connectivity index (χ1v) is 15.0. The first kappa shape index (κ1) is 33.9. The van der Waals surface area contributed by atoms with Gasteiger partial charge in [0.15, 0.2) is 0 Å². The number of nitrogens with zero attached hydrogens (tertiary/aromatic N) is 5. The second-order valence-electron chi connectivity index (χ2n) is 12.2. The topological polar surface area (TPSA) is 36.8 Å². The monoisotopic (exact) mass is 774 g/mol. The number of fused-ring (bicyclic) bond motifs is 1. The Morgan fingerprint density at radius 2 is 0.889 bits per heavy atom. The van der Waals surface area contributed by atoms with E-state index in [0.717, 1.165) is 11.4 Å². The van der Waals surface area contributed by atoms with Crippen LogP contribution in [0.25, 0.3) is 0 Å². The molecule has 0 radical (unpaired) electrons. The molecule has 6 rings (SSSR count). The first-order chi connectivity index (χ1) is 20.9. The second kappa shape index (κ2) is 13.2. The van der Waals surface area contributed by atoms with Crippen LogP contribution in [0.15, 0.2) is 66.0 Å². The van der Waals surface area contributed by atoms with E-state index in [1.54, 1.807) is 0 Å². The number of hydrogen-bond donors (Lipinski definition) is 0. The fourth-order valence-electron chi connectivity index (χ4n) is 6.72. The molecular weight excluding hydrogens is 734 g/mol. The van der Waals surface area contributed by atoms with Crippen molar-refractivity contribution in [2.45, 2.75) is 69.2 Å². The smallest absolute Gasteiger partial charge is 0.512 e. The SMILES string of the molecule is CC1=C(C)N(c2c(C)cc(C)cc2C)[CH-]N1c1[c-]c(N2[CH-]N(c3c(C)cc(C)cc3C)c3cc(C)c(C)cc32)ccc1.[C-]#N.[Pt+4]. The van der Waals surface area contributed by atoms with Crippen LogP contribution in [0.2, 0.25) is 0 Å². The third kappa shape index (κ3) is 6.01. The molecule has 0 aliphatic carbocycles. The van der Waals surface area contributed by atoms with E-state index >= 15 is 0 Å². The Bertz CT molecular complexity index is 1770. The molecule has 2 aliphatic rings. The zero-order valence-electron chi connectivity index (χ0n) is 27.9. The van der Waals surface area contributed by atoms with Crippen molar-refractivity contribution in [1.29, 1.82) is 5.26 Å². The van der Waals surface area contributed by atoms with E-state index in [2.05, 4.69) is 163 Å². The number of anilines is 6. The van der Waals surface area contributed by atoms with E-state index < -0.39 is 0 Å². The molecule has 0 saturated heterocycles. The van der Waals surface area contributed by atoms with Crippen molar-refractivity contribution in [2.24, 2.45) is 0 Å². The van der Waals surface area contributed by atoms with Crippen LogP contribution >= 0.6 is 0 Å². The van der Waals surface area contributed by atoms with Crippen LogP contribution in [0, 0.1) is 86.6 Å². The molecule has 0 N–H and O–H groups in total. The Balaban J connectivity index is 0.00000151. The minimum Gasteiger partial charge on any atom is -0.512 e. The molecule has 4 aromatic rings. The van der Waals surface area contributed by atoms with Crippen molar-refractivity contribution in [3.05, 3.63) is 136 Å². The normalized spacial score (nSPS) is 14.0. The van der Waals surface area contributed by atoms with Gasteiger partial charge in [0.1, 0.15) is 0 Å².